The molecule has 2 saturated heterocycles. The first-order chi connectivity index (χ1) is 14.0. The number of carbonyl (C=O) groups excluding carboxylic acids is 1. The van der Waals surface area contributed by atoms with Crippen LogP contribution in [0.1, 0.15) is 47.1 Å². The Bertz CT molecular complexity index is 929. The Balaban J connectivity index is 1.29. The molecule has 0 saturated carbocycles. The second-order valence-corrected chi connectivity index (χ2v) is 8.00. The van der Waals surface area contributed by atoms with E-state index >= 15 is 0 Å². The van der Waals surface area contributed by atoms with Crippen LogP contribution >= 0.6 is 0 Å². The average molecular weight is 403 g/mol. The molecule has 1 aromatic heterocycles. The van der Waals surface area contributed by atoms with Gasteiger partial charge in [-0.15, -0.1) is 0 Å². The van der Waals surface area contributed by atoms with Gasteiger partial charge in [-0.1, -0.05) is 0 Å². The molecular weight excluding hydrogens is 380 g/mol. The Morgan fingerprint density at radius 1 is 1.17 bits per heavy atom. The number of benzene rings is 1. The second-order valence-electron chi connectivity index (χ2n) is 8.00. The Labute approximate surface area is 167 Å². The smallest absolute Gasteiger partial charge is 0.274 e. The van der Waals surface area contributed by atoms with Crippen molar-refractivity contribution in [1.29, 1.82) is 0 Å². The standard InChI is InChI=1S/C21H23F2N3O3/c22-15-2-3-17(23)16(11-15)14-1-4-19-24-18(13-26(19)12-14)20(27)25-7-5-21(6-8-25)28-9-10-29-21/h2-3,11,13-14H,1,4-10,12H2. The molecule has 6 nitrogen and oxygen atoms in total. The van der Waals surface area contributed by atoms with Crippen molar-refractivity contribution in [1.82, 2.24) is 14.5 Å². The van der Waals surface area contributed by atoms with Crippen molar-refractivity contribution in [3.8, 4) is 0 Å². The third-order valence-corrected chi connectivity index (χ3v) is 6.24. The van der Waals surface area contributed by atoms with E-state index in [2.05, 4.69) is 4.98 Å². The lowest BCUT2D eigenvalue weighted by Crippen LogP contribution is -2.47. The van der Waals surface area contributed by atoms with Crippen LogP contribution in [0.3, 0.4) is 0 Å². The van der Waals surface area contributed by atoms with Gasteiger partial charge in [0.05, 0.1) is 13.2 Å². The van der Waals surface area contributed by atoms with Gasteiger partial charge in [-0.2, -0.15) is 0 Å². The van der Waals surface area contributed by atoms with Gasteiger partial charge in [-0.3, -0.25) is 4.79 Å². The third kappa shape index (κ3) is 3.44. The van der Waals surface area contributed by atoms with Gasteiger partial charge in [0.25, 0.3) is 5.91 Å². The number of likely N-dealkylation sites (tertiary alicyclic amines) is 1. The van der Waals surface area contributed by atoms with Crippen LogP contribution in [0.25, 0.3) is 0 Å². The van der Waals surface area contributed by atoms with E-state index in [4.69, 9.17) is 9.47 Å². The van der Waals surface area contributed by atoms with Crippen molar-refractivity contribution in [2.45, 2.75) is 43.9 Å². The summed E-state index contributed by atoms with van der Waals surface area (Å²) in [5.74, 6) is -0.777. The molecule has 1 spiro atoms. The topological polar surface area (TPSA) is 56.6 Å². The monoisotopic (exact) mass is 403 g/mol. The van der Waals surface area contributed by atoms with Crippen LogP contribution in [-0.2, 0) is 22.4 Å². The quantitative estimate of drug-likeness (QED) is 0.774. The van der Waals surface area contributed by atoms with Crippen LogP contribution in [0.4, 0.5) is 8.78 Å². The number of halogens is 2. The molecule has 2 aromatic rings. The summed E-state index contributed by atoms with van der Waals surface area (Å²) >= 11 is 0. The van der Waals surface area contributed by atoms with Crippen LogP contribution in [0.2, 0.25) is 0 Å². The molecule has 1 amide bonds. The molecule has 1 unspecified atom stereocenters. The summed E-state index contributed by atoms with van der Waals surface area (Å²) in [6.07, 6.45) is 4.36. The fourth-order valence-electron chi connectivity index (χ4n) is 4.63. The zero-order valence-electron chi connectivity index (χ0n) is 16.1. The van der Waals surface area contributed by atoms with E-state index in [0.29, 0.717) is 69.8 Å². The first kappa shape index (κ1) is 18.7. The number of aromatic nitrogens is 2. The van der Waals surface area contributed by atoms with Crippen molar-refractivity contribution in [3.05, 3.63) is 53.1 Å². The molecule has 2 fully saturated rings. The SMILES string of the molecule is O=C(c1cn2c(n1)CCC(c1cc(F)ccc1F)C2)N1CCC2(CC1)OCCO2. The number of hydrogen-bond donors (Lipinski definition) is 0. The number of hydrogen-bond acceptors (Lipinski definition) is 4. The largest absolute Gasteiger partial charge is 0.347 e. The molecule has 0 bridgehead atoms. The van der Waals surface area contributed by atoms with Crippen LogP contribution in [0.5, 0.6) is 0 Å². The number of piperidine rings is 1. The molecular formula is C21H23F2N3O3. The van der Waals surface area contributed by atoms with Gasteiger partial charge < -0.3 is 18.9 Å². The molecule has 0 radical (unpaired) electrons. The summed E-state index contributed by atoms with van der Waals surface area (Å²) in [7, 11) is 0. The van der Waals surface area contributed by atoms with E-state index in [-0.39, 0.29) is 11.8 Å². The van der Waals surface area contributed by atoms with Crippen molar-refractivity contribution in [2.75, 3.05) is 26.3 Å². The van der Waals surface area contributed by atoms with Crippen molar-refractivity contribution in [2.24, 2.45) is 0 Å². The summed E-state index contributed by atoms with van der Waals surface area (Å²) < 4.78 is 41.1. The lowest BCUT2D eigenvalue weighted by molar-refractivity contribution is -0.181. The van der Waals surface area contributed by atoms with E-state index in [1.807, 2.05) is 4.57 Å². The molecule has 154 valence electrons. The molecule has 29 heavy (non-hydrogen) atoms. The summed E-state index contributed by atoms with van der Waals surface area (Å²) in [6, 6.07) is 3.57. The van der Waals surface area contributed by atoms with Gasteiger partial charge in [0, 0.05) is 51.0 Å². The molecule has 1 aromatic carbocycles. The van der Waals surface area contributed by atoms with Crippen LogP contribution in [0, 0.1) is 11.6 Å². The Morgan fingerprint density at radius 3 is 2.69 bits per heavy atom. The molecule has 8 heteroatoms. The summed E-state index contributed by atoms with van der Waals surface area (Å²) in [5.41, 5.74) is 0.791. The first-order valence-electron chi connectivity index (χ1n) is 10.1. The number of amides is 1. The predicted molar refractivity (Wildman–Crippen MR) is 99.4 cm³/mol. The van der Waals surface area contributed by atoms with E-state index in [1.54, 1.807) is 11.1 Å². The van der Waals surface area contributed by atoms with E-state index in [1.165, 1.54) is 12.1 Å². The molecule has 5 rings (SSSR count). The summed E-state index contributed by atoms with van der Waals surface area (Å²) in [4.78, 5) is 19.2. The first-order valence-corrected chi connectivity index (χ1v) is 10.1. The fourth-order valence-corrected chi connectivity index (χ4v) is 4.63. The van der Waals surface area contributed by atoms with E-state index in [9.17, 15) is 13.6 Å². The number of rotatable bonds is 2. The highest BCUT2D eigenvalue weighted by molar-refractivity contribution is 5.92. The van der Waals surface area contributed by atoms with Gasteiger partial charge in [-0.25, -0.2) is 13.8 Å². The molecule has 0 N–H and O–H groups in total. The van der Waals surface area contributed by atoms with E-state index in [0.717, 1.165) is 11.9 Å². The highest BCUT2D eigenvalue weighted by Crippen LogP contribution is 2.33. The minimum Gasteiger partial charge on any atom is -0.347 e. The Morgan fingerprint density at radius 2 is 1.93 bits per heavy atom. The van der Waals surface area contributed by atoms with Gasteiger partial charge in [0.15, 0.2) is 5.79 Å². The number of fused-ring (bicyclic) bond motifs is 1. The van der Waals surface area contributed by atoms with Gasteiger partial charge in [0.1, 0.15) is 23.2 Å². The fraction of sp³-hybridized carbons (Fsp3) is 0.524. The zero-order chi connectivity index (χ0) is 20.0. The molecule has 3 aliphatic heterocycles. The minimum absolute atomic E-state index is 0.103. The highest BCUT2D eigenvalue weighted by atomic mass is 19.1. The Kier molecular flexibility index (Phi) is 4.63. The molecule has 0 aliphatic carbocycles. The van der Waals surface area contributed by atoms with Crippen LogP contribution in [-0.4, -0.2) is 52.4 Å². The summed E-state index contributed by atoms with van der Waals surface area (Å²) in [6.45, 7) is 2.83. The van der Waals surface area contributed by atoms with Crippen LogP contribution in [0.15, 0.2) is 24.4 Å². The van der Waals surface area contributed by atoms with Crippen LogP contribution < -0.4 is 0 Å². The Hall–Kier alpha value is -2.32. The second kappa shape index (κ2) is 7.18. The normalized spacial score (nSPS) is 23.4. The molecule has 3 aliphatic rings. The zero-order valence-corrected chi connectivity index (χ0v) is 16.1. The number of imidazole rings is 1. The van der Waals surface area contributed by atoms with Gasteiger partial charge >= 0.3 is 0 Å². The maximum atomic E-state index is 14.2. The van der Waals surface area contributed by atoms with Crippen molar-refractivity contribution >= 4 is 5.91 Å². The number of ether oxygens (including phenoxy) is 2. The average Bonchev–Trinajstić information content (AvgIpc) is 3.36. The highest BCUT2D eigenvalue weighted by Gasteiger charge is 2.41. The van der Waals surface area contributed by atoms with Gasteiger partial charge in [0.2, 0.25) is 0 Å². The molecule has 1 atom stereocenters. The minimum atomic E-state index is -0.521. The number of carbonyl (C=O) groups is 1. The number of aryl methyl sites for hydroxylation is 1. The van der Waals surface area contributed by atoms with Gasteiger partial charge in [-0.05, 0) is 30.2 Å². The van der Waals surface area contributed by atoms with Crippen molar-refractivity contribution in [3.63, 3.8) is 0 Å². The maximum Gasteiger partial charge on any atom is 0.274 e. The maximum absolute atomic E-state index is 14.2. The molecule has 4 heterocycles. The van der Waals surface area contributed by atoms with Crippen molar-refractivity contribution < 1.29 is 23.0 Å². The summed E-state index contributed by atoms with van der Waals surface area (Å²) in [5, 5.41) is 0. The van der Waals surface area contributed by atoms with E-state index < -0.39 is 17.4 Å². The lowest BCUT2D eigenvalue weighted by atomic mass is 9.91. The third-order valence-electron chi connectivity index (χ3n) is 6.24. The number of nitrogens with zero attached hydrogens (tertiary/aromatic N) is 3. The lowest BCUT2D eigenvalue weighted by Gasteiger charge is -2.37. The predicted octanol–water partition coefficient (Wildman–Crippen LogP) is 2.87.